The van der Waals surface area contributed by atoms with Crippen LogP contribution < -0.4 is 5.73 Å². The Labute approximate surface area is 81.5 Å². The third-order valence-electron chi connectivity index (χ3n) is 1.43. The molecule has 0 spiro atoms. The monoisotopic (exact) mass is 212 g/mol. The van der Waals surface area contributed by atoms with E-state index in [0.717, 1.165) is 11.5 Å². The largest absolute Gasteiger partial charge is 0.433 e. The summed E-state index contributed by atoms with van der Waals surface area (Å²) in [6.45, 7) is 0. The summed E-state index contributed by atoms with van der Waals surface area (Å²) in [6.07, 6.45) is 0. The predicted octanol–water partition coefficient (Wildman–Crippen LogP) is 1.29. The Hall–Kier alpha value is -1.96. The highest BCUT2D eigenvalue weighted by Gasteiger charge is 2.15. The molecule has 0 aliphatic rings. The van der Waals surface area contributed by atoms with E-state index in [2.05, 4.69) is 9.36 Å². The number of nitrogen functional groups attached to an aromatic ring is 1. The van der Waals surface area contributed by atoms with Gasteiger partial charge in [-0.25, -0.2) is 0 Å². The van der Waals surface area contributed by atoms with Gasteiger partial charge in [0.25, 0.3) is 0 Å². The number of aromatic nitrogens is 2. The highest BCUT2D eigenvalue weighted by Crippen LogP contribution is 2.25. The van der Waals surface area contributed by atoms with Crippen LogP contribution >= 0.6 is 11.5 Å². The molecule has 0 aromatic carbocycles. The molecule has 72 valence electrons. The maximum Gasteiger partial charge on any atom is 0.433 e. The van der Waals surface area contributed by atoms with E-state index in [0.29, 0.717) is 5.13 Å². The number of furan rings is 1. The zero-order valence-electron chi connectivity index (χ0n) is 6.71. The number of hydrogen-bond donors (Lipinski definition) is 1. The van der Waals surface area contributed by atoms with E-state index in [1.165, 1.54) is 12.1 Å². The van der Waals surface area contributed by atoms with Crippen molar-refractivity contribution in [2.45, 2.75) is 0 Å². The van der Waals surface area contributed by atoms with Gasteiger partial charge < -0.3 is 10.2 Å². The second-order valence-corrected chi connectivity index (χ2v) is 3.13. The van der Waals surface area contributed by atoms with Crippen LogP contribution in [0.3, 0.4) is 0 Å². The van der Waals surface area contributed by atoms with Gasteiger partial charge in [-0.1, -0.05) is 0 Å². The third kappa shape index (κ3) is 1.42. The van der Waals surface area contributed by atoms with Crippen LogP contribution in [-0.2, 0) is 0 Å². The molecule has 0 amide bonds. The van der Waals surface area contributed by atoms with E-state index >= 15 is 0 Å². The van der Waals surface area contributed by atoms with E-state index in [4.69, 9.17) is 10.2 Å². The fraction of sp³-hybridized carbons (Fsp3) is 0. The van der Waals surface area contributed by atoms with E-state index in [1.807, 2.05) is 0 Å². The minimum absolute atomic E-state index is 0.240. The summed E-state index contributed by atoms with van der Waals surface area (Å²) in [5.74, 6) is 0.165. The molecule has 0 radical (unpaired) electrons. The fourth-order valence-electron chi connectivity index (χ4n) is 0.881. The van der Waals surface area contributed by atoms with Crippen LogP contribution in [0.15, 0.2) is 16.5 Å². The molecular weight excluding hydrogens is 208 g/mol. The normalized spacial score (nSPS) is 10.3. The van der Waals surface area contributed by atoms with Gasteiger partial charge in [-0.3, -0.25) is 10.1 Å². The second kappa shape index (κ2) is 3.07. The van der Waals surface area contributed by atoms with Gasteiger partial charge >= 0.3 is 5.88 Å². The van der Waals surface area contributed by atoms with Crippen molar-refractivity contribution in [3.8, 4) is 11.6 Å². The minimum Gasteiger partial charge on any atom is -0.397 e. The Morgan fingerprint density at radius 2 is 2.36 bits per heavy atom. The van der Waals surface area contributed by atoms with Gasteiger partial charge in [-0.2, -0.15) is 9.36 Å². The highest BCUT2D eigenvalue weighted by atomic mass is 32.1. The summed E-state index contributed by atoms with van der Waals surface area (Å²) < 4.78 is 8.72. The number of anilines is 1. The maximum atomic E-state index is 10.3. The topological polar surface area (TPSA) is 108 Å². The van der Waals surface area contributed by atoms with Crippen molar-refractivity contribution in [2.75, 3.05) is 5.73 Å². The van der Waals surface area contributed by atoms with Crippen molar-refractivity contribution in [3.05, 3.63) is 22.2 Å². The number of hydrogen-bond acceptors (Lipinski definition) is 7. The molecule has 14 heavy (non-hydrogen) atoms. The molecular formula is C6H4N4O3S. The van der Waals surface area contributed by atoms with Gasteiger partial charge in [0.05, 0.1) is 6.07 Å². The van der Waals surface area contributed by atoms with Crippen molar-refractivity contribution in [1.82, 2.24) is 9.36 Å². The van der Waals surface area contributed by atoms with Gasteiger partial charge in [-0.05, 0) is 6.07 Å². The molecule has 0 aliphatic heterocycles. The molecule has 2 rings (SSSR count). The van der Waals surface area contributed by atoms with Crippen LogP contribution in [0.25, 0.3) is 11.6 Å². The van der Waals surface area contributed by atoms with Gasteiger partial charge in [0, 0.05) is 11.5 Å². The Balaban J connectivity index is 2.38. The SMILES string of the molecule is Nc1nc(-c2ccc([N+](=O)[O-])o2)ns1. The number of nitrogens with two attached hydrogens (primary N) is 1. The van der Waals surface area contributed by atoms with E-state index in [-0.39, 0.29) is 17.5 Å². The molecule has 0 saturated carbocycles. The molecule has 0 saturated heterocycles. The zero-order valence-corrected chi connectivity index (χ0v) is 7.52. The van der Waals surface area contributed by atoms with Crippen LogP contribution in [0.1, 0.15) is 0 Å². The molecule has 2 aromatic heterocycles. The lowest BCUT2D eigenvalue weighted by atomic mass is 10.4. The summed E-state index contributed by atoms with van der Waals surface area (Å²) in [4.78, 5) is 13.5. The summed E-state index contributed by atoms with van der Waals surface area (Å²) in [7, 11) is 0. The number of rotatable bonds is 2. The standard InChI is InChI=1S/C6H4N4O3S/c7-6-8-5(9-14-6)3-1-2-4(13-3)10(11)12/h1-2H,(H2,7,8,9). The van der Waals surface area contributed by atoms with Gasteiger partial charge in [0.2, 0.25) is 5.82 Å². The molecule has 2 heterocycles. The van der Waals surface area contributed by atoms with Crippen molar-refractivity contribution >= 4 is 22.5 Å². The second-order valence-electron chi connectivity index (χ2n) is 2.35. The zero-order chi connectivity index (χ0) is 10.1. The van der Waals surface area contributed by atoms with Gasteiger partial charge in [-0.15, -0.1) is 0 Å². The van der Waals surface area contributed by atoms with Crippen LogP contribution in [0.5, 0.6) is 0 Å². The summed E-state index contributed by atoms with van der Waals surface area (Å²) in [5.41, 5.74) is 5.35. The van der Waals surface area contributed by atoms with Crippen LogP contribution in [0, 0.1) is 10.1 Å². The first kappa shape index (κ1) is 8.63. The van der Waals surface area contributed by atoms with Crippen molar-refractivity contribution in [3.63, 3.8) is 0 Å². The Morgan fingerprint density at radius 1 is 1.57 bits per heavy atom. The minimum atomic E-state index is -0.626. The average molecular weight is 212 g/mol. The van der Waals surface area contributed by atoms with Crippen molar-refractivity contribution in [2.24, 2.45) is 0 Å². The quantitative estimate of drug-likeness (QED) is 0.593. The molecule has 2 aromatic rings. The first-order chi connectivity index (χ1) is 6.66. The summed E-state index contributed by atoms with van der Waals surface area (Å²) in [5, 5.41) is 10.6. The number of nitrogens with zero attached hydrogens (tertiary/aromatic N) is 3. The lowest BCUT2D eigenvalue weighted by molar-refractivity contribution is -0.401. The Kier molecular flexibility index (Phi) is 1.89. The molecule has 0 aliphatic carbocycles. The highest BCUT2D eigenvalue weighted by molar-refractivity contribution is 7.09. The molecule has 0 unspecified atom stereocenters. The fourth-order valence-corrected chi connectivity index (χ4v) is 1.32. The van der Waals surface area contributed by atoms with E-state index < -0.39 is 4.92 Å². The first-order valence-electron chi connectivity index (χ1n) is 3.50. The molecule has 0 fully saturated rings. The lowest BCUT2D eigenvalue weighted by Crippen LogP contribution is -1.83. The molecule has 7 nitrogen and oxygen atoms in total. The summed E-state index contributed by atoms with van der Waals surface area (Å²) >= 11 is 1.00. The number of nitro groups is 1. The van der Waals surface area contributed by atoms with E-state index in [1.54, 1.807) is 0 Å². The molecule has 0 bridgehead atoms. The predicted molar refractivity (Wildman–Crippen MR) is 48.7 cm³/mol. The average Bonchev–Trinajstić information content (AvgIpc) is 2.70. The van der Waals surface area contributed by atoms with E-state index in [9.17, 15) is 10.1 Å². The van der Waals surface area contributed by atoms with Crippen molar-refractivity contribution in [1.29, 1.82) is 0 Å². The smallest absolute Gasteiger partial charge is 0.397 e. The lowest BCUT2D eigenvalue weighted by Gasteiger charge is -1.84. The molecule has 8 heteroatoms. The summed E-state index contributed by atoms with van der Waals surface area (Å²) in [6, 6.07) is 2.67. The third-order valence-corrected chi connectivity index (χ3v) is 1.98. The van der Waals surface area contributed by atoms with Gasteiger partial charge in [0.15, 0.2) is 10.9 Å². The Morgan fingerprint density at radius 3 is 2.86 bits per heavy atom. The van der Waals surface area contributed by atoms with Crippen LogP contribution in [-0.4, -0.2) is 14.3 Å². The molecule has 0 atom stereocenters. The van der Waals surface area contributed by atoms with Crippen LogP contribution in [0.2, 0.25) is 0 Å². The first-order valence-corrected chi connectivity index (χ1v) is 4.28. The van der Waals surface area contributed by atoms with Crippen molar-refractivity contribution < 1.29 is 9.34 Å². The Bertz CT molecular complexity index is 477. The maximum absolute atomic E-state index is 10.3. The van der Waals surface area contributed by atoms with Gasteiger partial charge in [0.1, 0.15) is 4.92 Å². The van der Waals surface area contributed by atoms with Crippen LogP contribution in [0.4, 0.5) is 11.0 Å². The molecule has 2 N–H and O–H groups in total.